The van der Waals surface area contributed by atoms with Crippen LogP contribution in [0.4, 0.5) is 0 Å². The van der Waals surface area contributed by atoms with E-state index in [-0.39, 0.29) is 11.9 Å². The van der Waals surface area contributed by atoms with Crippen LogP contribution in [0.25, 0.3) is 10.9 Å². The van der Waals surface area contributed by atoms with Gasteiger partial charge >= 0.3 is 0 Å². The number of fused-ring (bicyclic) bond motifs is 3. The van der Waals surface area contributed by atoms with Gasteiger partial charge in [0, 0.05) is 41.3 Å². The average molecular weight is 297 g/mol. The fourth-order valence-electron chi connectivity index (χ4n) is 3.86. The molecular weight excluding hydrogens is 274 g/mol. The normalized spacial score (nSPS) is 21.9. The van der Waals surface area contributed by atoms with Crippen molar-refractivity contribution in [3.63, 3.8) is 0 Å². The number of nitrogens with zero attached hydrogens (tertiary/aromatic N) is 1. The molecule has 3 N–H and O–H groups in total. The van der Waals surface area contributed by atoms with Crippen LogP contribution in [-0.2, 0) is 12.8 Å². The molecule has 4 rings (SSSR count). The highest BCUT2D eigenvalue weighted by molar-refractivity contribution is 5.99. The minimum absolute atomic E-state index is 0.177. The third-order valence-electron chi connectivity index (χ3n) is 5.12. The maximum atomic E-state index is 12.7. The Balaban J connectivity index is 1.70. The Bertz CT molecular complexity index is 712. The van der Waals surface area contributed by atoms with Gasteiger partial charge in [-0.05, 0) is 62.3 Å². The molecule has 0 bridgehead atoms. The van der Waals surface area contributed by atoms with Crippen molar-refractivity contribution < 1.29 is 4.79 Å². The van der Waals surface area contributed by atoms with E-state index in [1.165, 1.54) is 23.1 Å². The number of aromatic nitrogens is 1. The number of hydrogen-bond donors (Lipinski definition) is 2. The van der Waals surface area contributed by atoms with Gasteiger partial charge in [0.05, 0.1) is 0 Å². The molecule has 1 saturated heterocycles. The van der Waals surface area contributed by atoms with E-state index in [4.69, 9.17) is 5.73 Å². The smallest absolute Gasteiger partial charge is 0.253 e. The zero-order chi connectivity index (χ0) is 15.1. The Hall–Kier alpha value is -1.81. The summed E-state index contributed by atoms with van der Waals surface area (Å²) in [5.41, 5.74) is 10.7. The molecule has 1 amide bonds. The van der Waals surface area contributed by atoms with E-state index in [0.29, 0.717) is 0 Å². The van der Waals surface area contributed by atoms with Crippen LogP contribution in [-0.4, -0.2) is 34.9 Å². The molecule has 0 radical (unpaired) electrons. The van der Waals surface area contributed by atoms with Crippen LogP contribution in [0.2, 0.25) is 0 Å². The number of likely N-dealkylation sites (tertiary alicyclic amines) is 1. The molecule has 1 unspecified atom stereocenters. The zero-order valence-corrected chi connectivity index (χ0v) is 12.9. The molecule has 116 valence electrons. The van der Waals surface area contributed by atoms with Crippen molar-refractivity contribution in [2.24, 2.45) is 5.73 Å². The predicted molar refractivity (Wildman–Crippen MR) is 88.1 cm³/mol. The number of carbonyl (C=O) groups excluding carboxylic acids is 1. The summed E-state index contributed by atoms with van der Waals surface area (Å²) in [5.74, 6) is 0.177. The summed E-state index contributed by atoms with van der Waals surface area (Å²) < 4.78 is 0. The lowest BCUT2D eigenvalue weighted by molar-refractivity contribution is 0.0724. The molecular formula is C18H23N3O. The predicted octanol–water partition coefficient (Wildman–Crippen LogP) is 2.61. The molecule has 1 fully saturated rings. The summed E-state index contributed by atoms with van der Waals surface area (Å²) in [5, 5.41) is 1.19. The minimum Gasteiger partial charge on any atom is -0.358 e. The van der Waals surface area contributed by atoms with E-state index in [1.54, 1.807) is 0 Å². The second kappa shape index (κ2) is 5.43. The Kier molecular flexibility index (Phi) is 3.41. The maximum Gasteiger partial charge on any atom is 0.253 e. The number of nitrogens with one attached hydrogen (secondary N) is 1. The summed E-state index contributed by atoms with van der Waals surface area (Å²) in [6.45, 7) is 1.79. The molecule has 1 atom stereocenters. The Morgan fingerprint density at radius 2 is 2.05 bits per heavy atom. The highest BCUT2D eigenvalue weighted by atomic mass is 16.2. The van der Waals surface area contributed by atoms with E-state index in [1.807, 2.05) is 11.0 Å². The lowest BCUT2D eigenvalue weighted by Crippen LogP contribution is -2.35. The van der Waals surface area contributed by atoms with Gasteiger partial charge in [0.1, 0.15) is 0 Å². The van der Waals surface area contributed by atoms with Gasteiger partial charge in [-0.1, -0.05) is 0 Å². The van der Waals surface area contributed by atoms with Crippen molar-refractivity contribution in [1.29, 1.82) is 0 Å². The zero-order valence-electron chi connectivity index (χ0n) is 12.9. The first-order valence-electron chi connectivity index (χ1n) is 8.41. The SMILES string of the molecule is NC1CCc2[nH]c3ccc(C(=O)N4CCCCC4)cc3c2C1. The number of benzene rings is 1. The number of hydrogen-bond acceptors (Lipinski definition) is 2. The average Bonchev–Trinajstić information content (AvgIpc) is 2.92. The molecule has 22 heavy (non-hydrogen) atoms. The number of H-pyrrole nitrogens is 1. The Labute approximate surface area is 130 Å². The quantitative estimate of drug-likeness (QED) is 0.850. The standard InChI is InChI=1S/C18H23N3O/c19-13-5-7-17-15(11-13)14-10-12(4-6-16(14)20-17)18(22)21-8-2-1-3-9-21/h4,6,10,13,20H,1-3,5,7-9,11,19H2. The second-order valence-electron chi connectivity index (χ2n) is 6.70. The number of rotatable bonds is 1. The topological polar surface area (TPSA) is 62.1 Å². The summed E-state index contributed by atoms with van der Waals surface area (Å²) in [7, 11) is 0. The van der Waals surface area contributed by atoms with Crippen molar-refractivity contribution in [2.75, 3.05) is 13.1 Å². The van der Waals surface area contributed by atoms with Crippen molar-refractivity contribution in [1.82, 2.24) is 9.88 Å². The molecule has 1 aliphatic heterocycles. The van der Waals surface area contributed by atoms with Gasteiger partial charge in [-0.3, -0.25) is 4.79 Å². The van der Waals surface area contributed by atoms with E-state index >= 15 is 0 Å². The number of carbonyl (C=O) groups is 1. The molecule has 2 heterocycles. The molecule has 1 aromatic heterocycles. The van der Waals surface area contributed by atoms with E-state index < -0.39 is 0 Å². The molecule has 2 aromatic rings. The second-order valence-corrected chi connectivity index (χ2v) is 6.70. The van der Waals surface area contributed by atoms with Gasteiger partial charge in [0.15, 0.2) is 0 Å². The first-order chi connectivity index (χ1) is 10.7. The van der Waals surface area contributed by atoms with Crippen LogP contribution >= 0.6 is 0 Å². The van der Waals surface area contributed by atoms with Gasteiger partial charge in [0.2, 0.25) is 0 Å². The van der Waals surface area contributed by atoms with Crippen LogP contribution < -0.4 is 5.73 Å². The minimum atomic E-state index is 0.177. The fraction of sp³-hybridized carbons (Fsp3) is 0.500. The van der Waals surface area contributed by atoms with Crippen molar-refractivity contribution in [3.05, 3.63) is 35.0 Å². The monoisotopic (exact) mass is 297 g/mol. The molecule has 1 aliphatic carbocycles. The van der Waals surface area contributed by atoms with Crippen molar-refractivity contribution in [3.8, 4) is 0 Å². The van der Waals surface area contributed by atoms with Gasteiger partial charge in [-0.2, -0.15) is 0 Å². The van der Waals surface area contributed by atoms with Crippen molar-refractivity contribution >= 4 is 16.8 Å². The summed E-state index contributed by atoms with van der Waals surface area (Å²) in [6, 6.07) is 6.32. The van der Waals surface area contributed by atoms with Crippen LogP contribution in [0.3, 0.4) is 0 Å². The summed E-state index contributed by atoms with van der Waals surface area (Å²) in [4.78, 5) is 18.2. The number of aromatic amines is 1. The molecule has 4 heteroatoms. The highest BCUT2D eigenvalue weighted by Gasteiger charge is 2.22. The van der Waals surface area contributed by atoms with Gasteiger partial charge in [-0.15, -0.1) is 0 Å². The van der Waals surface area contributed by atoms with Gasteiger partial charge < -0.3 is 15.6 Å². The number of aryl methyl sites for hydroxylation is 1. The number of amides is 1. The first-order valence-corrected chi connectivity index (χ1v) is 8.41. The highest BCUT2D eigenvalue weighted by Crippen LogP contribution is 2.30. The van der Waals surface area contributed by atoms with E-state index in [2.05, 4.69) is 17.1 Å². The largest absolute Gasteiger partial charge is 0.358 e. The molecule has 4 nitrogen and oxygen atoms in total. The van der Waals surface area contributed by atoms with Crippen molar-refractivity contribution in [2.45, 2.75) is 44.6 Å². The lowest BCUT2D eigenvalue weighted by atomic mass is 9.91. The Morgan fingerprint density at radius 1 is 1.23 bits per heavy atom. The van der Waals surface area contributed by atoms with E-state index in [9.17, 15) is 4.79 Å². The summed E-state index contributed by atoms with van der Waals surface area (Å²) >= 11 is 0. The van der Waals surface area contributed by atoms with Crippen LogP contribution in [0.15, 0.2) is 18.2 Å². The molecule has 0 spiro atoms. The molecule has 2 aliphatic rings. The third-order valence-corrected chi connectivity index (χ3v) is 5.12. The molecule has 0 saturated carbocycles. The van der Waals surface area contributed by atoms with Gasteiger partial charge in [-0.25, -0.2) is 0 Å². The third kappa shape index (κ3) is 2.31. The van der Waals surface area contributed by atoms with Gasteiger partial charge in [0.25, 0.3) is 5.91 Å². The van der Waals surface area contributed by atoms with Crippen LogP contribution in [0.5, 0.6) is 0 Å². The number of nitrogens with two attached hydrogens (primary N) is 1. The fourth-order valence-corrected chi connectivity index (χ4v) is 3.86. The Morgan fingerprint density at radius 3 is 2.86 bits per heavy atom. The number of piperidine rings is 1. The lowest BCUT2D eigenvalue weighted by Gasteiger charge is -2.26. The van der Waals surface area contributed by atoms with Crippen LogP contribution in [0.1, 0.15) is 47.3 Å². The van der Waals surface area contributed by atoms with E-state index in [0.717, 1.165) is 56.3 Å². The maximum absolute atomic E-state index is 12.7. The molecule has 1 aromatic carbocycles. The first kappa shape index (κ1) is 13.8. The summed E-state index contributed by atoms with van der Waals surface area (Å²) in [6.07, 6.45) is 6.47. The van der Waals surface area contributed by atoms with Crippen LogP contribution in [0, 0.1) is 0 Å².